The largest absolute Gasteiger partial charge is 0.465 e. The van der Waals surface area contributed by atoms with Crippen LogP contribution in [0.4, 0.5) is 0 Å². The summed E-state index contributed by atoms with van der Waals surface area (Å²) in [7, 11) is -3.46. The minimum Gasteiger partial charge on any atom is -0.465 e. The molecule has 0 aromatic heterocycles. The number of carbonyl (C=O) groups excluding carboxylic acids is 2. The molecule has 1 fully saturated rings. The van der Waals surface area contributed by atoms with E-state index >= 15 is 0 Å². The lowest BCUT2D eigenvalue weighted by molar-refractivity contribution is -0.172. The van der Waals surface area contributed by atoms with Crippen LogP contribution in [-0.4, -0.2) is 55.8 Å². The minimum atomic E-state index is -3.46. The minimum absolute atomic E-state index is 0.0254. The third-order valence-electron chi connectivity index (χ3n) is 2.90. The molecule has 1 saturated heterocycles. The van der Waals surface area contributed by atoms with Gasteiger partial charge in [-0.1, -0.05) is 0 Å². The molecule has 0 radical (unpaired) electrons. The van der Waals surface area contributed by atoms with Crippen molar-refractivity contribution >= 4 is 21.8 Å². The van der Waals surface area contributed by atoms with Gasteiger partial charge in [-0.05, 0) is 20.3 Å². The SMILES string of the molecule is CCOC(=O)C(C(=O)OCC)C1(O)CCS(=O)(=O)C1. The van der Waals surface area contributed by atoms with E-state index in [1.807, 2.05) is 0 Å². The zero-order valence-electron chi connectivity index (χ0n) is 10.9. The van der Waals surface area contributed by atoms with Crippen LogP contribution in [0.15, 0.2) is 0 Å². The van der Waals surface area contributed by atoms with E-state index in [0.717, 1.165) is 0 Å². The molecule has 1 unspecified atom stereocenters. The molecule has 1 heterocycles. The Balaban J connectivity index is 3.03. The molecule has 0 aromatic carbocycles. The Bertz CT molecular complexity index is 438. The number of rotatable bonds is 5. The van der Waals surface area contributed by atoms with Gasteiger partial charge in [-0.25, -0.2) is 8.42 Å². The van der Waals surface area contributed by atoms with Gasteiger partial charge in [-0.2, -0.15) is 0 Å². The molecule has 0 amide bonds. The fourth-order valence-electron chi connectivity index (χ4n) is 2.07. The summed E-state index contributed by atoms with van der Waals surface area (Å²) in [6.07, 6.45) is -0.183. The fourth-order valence-corrected chi connectivity index (χ4v) is 3.95. The van der Waals surface area contributed by atoms with Crippen LogP contribution in [-0.2, 0) is 28.9 Å². The number of hydrogen-bond donors (Lipinski definition) is 1. The van der Waals surface area contributed by atoms with Crippen molar-refractivity contribution in [3.63, 3.8) is 0 Å². The quantitative estimate of drug-likeness (QED) is 0.526. The molecule has 1 aliphatic heterocycles. The Morgan fingerprint density at radius 2 is 1.68 bits per heavy atom. The van der Waals surface area contributed by atoms with E-state index in [1.54, 1.807) is 13.8 Å². The van der Waals surface area contributed by atoms with E-state index in [1.165, 1.54) is 0 Å². The van der Waals surface area contributed by atoms with Gasteiger partial charge in [-0.15, -0.1) is 0 Å². The van der Waals surface area contributed by atoms with Crippen LogP contribution in [0, 0.1) is 5.92 Å². The second-order valence-corrected chi connectivity index (χ2v) is 6.57. The average molecular weight is 294 g/mol. The number of aliphatic hydroxyl groups is 1. The molecule has 110 valence electrons. The third-order valence-corrected chi connectivity index (χ3v) is 4.66. The molecular weight excluding hydrogens is 276 g/mol. The topological polar surface area (TPSA) is 107 Å². The first-order valence-corrected chi connectivity index (χ1v) is 7.84. The highest BCUT2D eigenvalue weighted by atomic mass is 32.2. The highest BCUT2D eigenvalue weighted by molar-refractivity contribution is 7.91. The maximum atomic E-state index is 11.8. The number of ether oxygens (including phenoxy) is 2. The summed E-state index contributed by atoms with van der Waals surface area (Å²) in [6.45, 7) is 3.15. The van der Waals surface area contributed by atoms with E-state index in [-0.39, 0.29) is 25.4 Å². The molecule has 7 nitrogen and oxygen atoms in total. The van der Waals surface area contributed by atoms with Crippen LogP contribution in [0.5, 0.6) is 0 Å². The van der Waals surface area contributed by atoms with Gasteiger partial charge >= 0.3 is 11.9 Å². The molecule has 0 aliphatic carbocycles. The molecule has 1 rings (SSSR count). The van der Waals surface area contributed by atoms with E-state index in [4.69, 9.17) is 9.47 Å². The van der Waals surface area contributed by atoms with Crippen molar-refractivity contribution in [1.82, 2.24) is 0 Å². The lowest BCUT2D eigenvalue weighted by Crippen LogP contribution is -2.49. The molecule has 0 aromatic rings. The predicted molar refractivity (Wildman–Crippen MR) is 65.0 cm³/mol. The molecule has 1 N–H and O–H groups in total. The van der Waals surface area contributed by atoms with Crippen LogP contribution < -0.4 is 0 Å². The molecular formula is C11H18O7S. The molecule has 1 atom stereocenters. The van der Waals surface area contributed by atoms with E-state index in [2.05, 4.69) is 0 Å². The van der Waals surface area contributed by atoms with Gasteiger partial charge in [-0.3, -0.25) is 9.59 Å². The maximum absolute atomic E-state index is 11.8. The second kappa shape index (κ2) is 5.87. The fraction of sp³-hybridized carbons (Fsp3) is 0.818. The van der Waals surface area contributed by atoms with Gasteiger partial charge in [0.25, 0.3) is 0 Å². The molecule has 19 heavy (non-hydrogen) atoms. The summed E-state index contributed by atoms with van der Waals surface area (Å²) in [4.78, 5) is 23.6. The van der Waals surface area contributed by atoms with Crippen LogP contribution in [0.1, 0.15) is 20.3 Å². The summed E-state index contributed by atoms with van der Waals surface area (Å²) in [5, 5.41) is 10.3. The first-order valence-electron chi connectivity index (χ1n) is 6.02. The molecule has 1 aliphatic rings. The zero-order chi connectivity index (χ0) is 14.7. The first kappa shape index (κ1) is 15.9. The second-order valence-electron chi connectivity index (χ2n) is 4.38. The lowest BCUT2D eigenvalue weighted by atomic mass is 9.87. The van der Waals surface area contributed by atoms with Crippen LogP contribution in [0.3, 0.4) is 0 Å². The Labute approximate surface area is 111 Å². The Morgan fingerprint density at radius 1 is 1.21 bits per heavy atom. The van der Waals surface area contributed by atoms with Crippen molar-refractivity contribution in [2.45, 2.75) is 25.9 Å². The van der Waals surface area contributed by atoms with Gasteiger partial charge < -0.3 is 14.6 Å². The number of esters is 2. The maximum Gasteiger partial charge on any atom is 0.323 e. The number of hydrogen-bond acceptors (Lipinski definition) is 7. The normalized spacial score (nSPS) is 25.3. The standard InChI is InChI=1S/C11H18O7S/c1-3-17-9(12)8(10(13)18-4-2)11(14)5-6-19(15,16)7-11/h8,14H,3-7H2,1-2H3. The van der Waals surface area contributed by atoms with E-state index in [9.17, 15) is 23.1 Å². The number of sulfone groups is 1. The Hall–Kier alpha value is -1.15. The average Bonchev–Trinajstić information content (AvgIpc) is 2.54. The highest BCUT2D eigenvalue weighted by Gasteiger charge is 2.54. The summed E-state index contributed by atoms with van der Waals surface area (Å²) in [5.41, 5.74) is -1.95. The monoisotopic (exact) mass is 294 g/mol. The third kappa shape index (κ3) is 3.66. The van der Waals surface area contributed by atoms with E-state index < -0.39 is 39.0 Å². The molecule has 0 spiro atoms. The van der Waals surface area contributed by atoms with Gasteiger partial charge in [0.2, 0.25) is 0 Å². The smallest absolute Gasteiger partial charge is 0.323 e. The van der Waals surface area contributed by atoms with Crippen molar-refractivity contribution < 1.29 is 32.6 Å². The molecule has 0 bridgehead atoms. The van der Waals surface area contributed by atoms with Gasteiger partial charge in [0.1, 0.15) is 5.60 Å². The lowest BCUT2D eigenvalue weighted by Gasteiger charge is -2.27. The van der Waals surface area contributed by atoms with Crippen molar-refractivity contribution in [3.05, 3.63) is 0 Å². The Morgan fingerprint density at radius 3 is 2.00 bits per heavy atom. The van der Waals surface area contributed by atoms with Crippen molar-refractivity contribution in [1.29, 1.82) is 0 Å². The molecule has 0 saturated carbocycles. The summed E-state index contributed by atoms with van der Waals surface area (Å²) in [5.74, 6) is -4.44. The molecule has 8 heteroatoms. The van der Waals surface area contributed by atoms with Crippen molar-refractivity contribution in [3.8, 4) is 0 Å². The van der Waals surface area contributed by atoms with Gasteiger partial charge in [0, 0.05) is 0 Å². The van der Waals surface area contributed by atoms with Crippen LogP contribution >= 0.6 is 0 Å². The van der Waals surface area contributed by atoms with E-state index in [0.29, 0.717) is 0 Å². The van der Waals surface area contributed by atoms with Gasteiger partial charge in [0.05, 0.1) is 24.7 Å². The summed E-state index contributed by atoms with van der Waals surface area (Å²) >= 11 is 0. The van der Waals surface area contributed by atoms with Crippen molar-refractivity contribution in [2.75, 3.05) is 24.7 Å². The van der Waals surface area contributed by atoms with Gasteiger partial charge in [0.15, 0.2) is 15.8 Å². The van der Waals surface area contributed by atoms with Crippen LogP contribution in [0.25, 0.3) is 0 Å². The highest BCUT2D eigenvalue weighted by Crippen LogP contribution is 2.32. The van der Waals surface area contributed by atoms with Crippen LogP contribution in [0.2, 0.25) is 0 Å². The summed E-state index contributed by atoms with van der Waals surface area (Å²) < 4.78 is 32.3. The van der Waals surface area contributed by atoms with Crippen molar-refractivity contribution in [2.24, 2.45) is 5.92 Å². The zero-order valence-corrected chi connectivity index (χ0v) is 11.7. The number of carbonyl (C=O) groups is 2. The first-order chi connectivity index (χ1) is 8.75. The summed E-state index contributed by atoms with van der Waals surface area (Å²) in [6, 6.07) is 0. The predicted octanol–water partition coefficient (Wildman–Crippen LogP) is -0.722. The Kier molecular flexibility index (Phi) is 4.92.